The van der Waals surface area contributed by atoms with Gasteiger partial charge in [-0.15, -0.1) is 5.10 Å². The third-order valence-electron chi connectivity index (χ3n) is 1.90. The second-order valence-corrected chi connectivity index (χ2v) is 3.33. The normalized spacial score (nSPS) is 11.8. The minimum absolute atomic E-state index is 0.152. The maximum Gasteiger partial charge on any atom is 0.237 e. The number of benzene rings is 1. The molecular weight excluding hydrogens is 206 g/mol. The summed E-state index contributed by atoms with van der Waals surface area (Å²) in [5.41, 5.74) is 8.86. The Hall–Kier alpha value is -2.08. The van der Waals surface area contributed by atoms with Crippen LogP contribution in [0.25, 0.3) is 0 Å². The van der Waals surface area contributed by atoms with Crippen molar-refractivity contribution in [3.8, 4) is 0 Å². The summed E-state index contributed by atoms with van der Waals surface area (Å²) in [4.78, 5) is 2.01. The summed E-state index contributed by atoms with van der Waals surface area (Å²) in [5.74, 6) is -0.152. The number of nitrogens with one attached hydrogen (secondary N) is 1. The minimum atomic E-state index is -0.152. The minimum Gasteiger partial charge on any atom is -0.378 e. The van der Waals surface area contributed by atoms with Crippen molar-refractivity contribution in [3.05, 3.63) is 29.8 Å². The van der Waals surface area contributed by atoms with Crippen molar-refractivity contribution in [2.45, 2.75) is 0 Å². The van der Waals surface area contributed by atoms with Crippen LogP contribution < -0.4 is 16.1 Å². The maximum atomic E-state index is 8.34. The molecule has 6 heteroatoms. The number of guanidine groups is 1. The summed E-state index contributed by atoms with van der Waals surface area (Å²) in [6.07, 6.45) is 1.55. The van der Waals surface area contributed by atoms with Gasteiger partial charge < -0.3 is 10.6 Å². The highest BCUT2D eigenvalue weighted by atomic mass is 16.5. The molecule has 16 heavy (non-hydrogen) atoms. The van der Waals surface area contributed by atoms with E-state index in [1.807, 2.05) is 43.3 Å². The monoisotopic (exact) mass is 221 g/mol. The molecule has 0 atom stereocenters. The van der Waals surface area contributed by atoms with Crippen molar-refractivity contribution < 1.29 is 5.21 Å². The summed E-state index contributed by atoms with van der Waals surface area (Å²) < 4.78 is 0. The van der Waals surface area contributed by atoms with Gasteiger partial charge in [-0.3, -0.25) is 5.21 Å². The molecule has 0 saturated carbocycles. The fourth-order valence-corrected chi connectivity index (χ4v) is 1.04. The number of anilines is 1. The zero-order valence-corrected chi connectivity index (χ0v) is 9.25. The molecule has 0 spiro atoms. The van der Waals surface area contributed by atoms with E-state index in [1.165, 1.54) is 0 Å². The van der Waals surface area contributed by atoms with E-state index in [9.17, 15) is 0 Å². The van der Waals surface area contributed by atoms with Gasteiger partial charge in [-0.1, -0.05) is 12.1 Å². The Labute approximate surface area is 94.0 Å². The molecule has 0 amide bonds. The van der Waals surface area contributed by atoms with Crippen LogP contribution in [0.4, 0.5) is 5.69 Å². The Morgan fingerprint density at radius 1 is 1.38 bits per heavy atom. The van der Waals surface area contributed by atoms with Crippen LogP contribution >= 0.6 is 0 Å². The zero-order chi connectivity index (χ0) is 12.0. The molecule has 0 aromatic heterocycles. The van der Waals surface area contributed by atoms with E-state index < -0.39 is 0 Å². The van der Waals surface area contributed by atoms with Crippen molar-refractivity contribution in [1.29, 1.82) is 0 Å². The number of hydrogen-bond donors (Lipinski definition) is 3. The number of nitrogens with zero attached hydrogens (tertiary/aromatic N) is 3. The molecule has 1 aromatic carbocycles. The van der Waals surface area contributed by atoms with Gasteiger partial charge >= 0.3 is 0 Å². The van der Waals surface area contributed by atoms with E-state index >= 15 is 0 Å². The van der Waals surface area contributed by atoms with Gasteiger partial charge in [0.1, 0.15) is 0 Å². The van der Waals surface area contributed by atoms with Gasteiger partial charge in [-0.05, 0) is 17.7 Å². The topological polar surface area (TPSA) is 86.2 Å². The first-order chi connectivity index (χ1) is 7.63. The predicted molar refractivity (Wildman–Crippen MR) is 64.9 cm³/mol. The molecule has 0 saturated heterocycles. The predicted octanol–water partition coefficient (Wildman–Crippen LogP) is 0.380. The van der Waals surface area contributed by atoms with Crippen LogP contribution in [0.2, 0.25) is 0 Å². The van der Waals surface area contributed by atoms with E-state index in [1.54, 1.807) is 11.7 Å². The first-order valence-corrected chi connectivity index (χ1v) is 4.67. The Morgan fingerprint density at radius 2 is 2.00 bits per heavy atom. The molecule has 0 radical (unpaired) electrons. The lowest BCUT2D eigenvalue weighted by Gasteiger charge is -2.11. The second-order valence-electron chi connectivity index (χ2n) is 3.33. The molecule has 86 valence electrons. The van der Waals surface area contributed by atoms with Gasteiger partial charge in [0.05, 0.1) is 6.21 Å². The average Bonchev–Trinajstić information content (AvgIpc) is 2.29. The second kappa shape index (κ2) is 5.72. The summed E-state index contributed by atoms with van der Waals surface area (Å²) in [5, 5.41) is 15.5. The molecule has 0 unspecified atom stereocenters. The smallest absolute Gasteiger partial charge is 0.237 e. The quantitative estimate of drug-likeness (QED) is 0.391. The Morgan fingerprint density at radius 3 is 2.50 bits per heavy atom. The number of nitrogens with two attached hydrogens (primary N) is 1. The number of hydrogen-bond acceptors (Lipinski definition) is 4. The molecule has 6 nitrogen and oxygen atoms in total. The average molecular weight is 221 g/mol. The lowest BCUT2D eigenvalue weighted by atomic mass is 10.2. The Balaban J connectivity index is 2.69. The van der Waals surface area contributed by atoms with Gasteiger partial charge in [-0.2, -0.15) is 5.10 Å². The van der Waals surface area contributed by atoms with E-state index in [0.29, 0.717) is 0 Å². The molecule has 0 bridgehead atoms. The van der Waals surface area contributed by atoms with Crippen molar-refractivity contribution in [3.63, 3.8) is 0 Å². The first-order valence-electron chi connectivity index (χ1n) is 4.67. The third-order valence-corrected chi connectivity index (χ3v) is 1.90. The largest absolute Gasteiger partial charge is 0.378 e. The van der Waals surface area contributed by atoms with Crippen LogP contribution in [0.3, 0.4) is 0 Å². The summed E-state index contributed by atoms with van der Waals surface area (Å²) in [6.45, 7) is 0. The number of rotatable bonds is 3. The molecule has 0 heterocycles. The number of hydroxylamine groups is 1. The highest BCUT2D eigenvalue weighted by Crippen LogP contribution is 2.10. The van der Waals surface area contributed by atoms with E-state index in [0.717, 1.165) is 11.3 Å². The first kappa shape index (κ1) is 12.0. The summed E-state index contributed by atoms with van der Waals surface area (Å²) >= 11 is 0. The van der Waals surface area contributed by atoms with Crippen LogP contribution in [-0.4, -0.2) is 31.5 Å². The Bertz CT molecular complexity index is 383. The summed E-state index contributed by atoms with van der Waals surface area (Å²) in [6, 6.07) is 7.77. The van der Waals surface area contributed by atoms with Gasteiger partial charge in [0.15, 0.2) is 0 Å². The van der Waals surface area contributed by atoms with Crippen LogP contribution in [0.1, 0.15) is 5.56 Å². The molecule has 4 N–H and O–H groups in total. The molecule has 0 aliphatic carbocycles. The van der Waals surface area contributed by atoms with Crippen molar-refractivity contribution in [2.75, 3.05) is 19.0 Å². The van der Waals surface area contributed by atoms with Gasteiger partial charge in [0.2, 0.25) is 5.96 Å². The molecule has 0 aliphatic rings. The highest BCUT2D eigenvalue weighted by molar-refractivity contribution is 5.82. The molecular formula is C10H15N5O. The third kappa shape index (κ3) is 3.58. The standard InChI is InChI=1S/C10H15N5O/c1-15(2)9-5-3-8(4-6-9)7-12-13-10(11)14-16/h3-7,16H,1-2H3,(H3,11,13,14)/b12-7+. The van der Waals surface area contributed by atoms with Gasteiger partial charge in [0, 0.05) is 19.8 Å². The van der Waals surface area contributed by atoms with Crippen LogP contribution in [0.5, 0.6) is 0 Å². The lowest BCUT2D eigenvalue weighted by molar-refractivity contribution is 0.232. The van der Waals surface area contributed by atoms with E-state index in [4.69, 9.17) is 10.9 Å². The highest BCUT2D eigenvalue weighted by Gasteiger charge is 1.93. The van der Waals surface area contributed by atoms with Crippen molar-refractivity contribution in [2.24, 2.45) is 15.9 Å². The van der Waals surface area contributed by atoms with Crippen LogP contribution in [-0.2, 0) is 0 Å². The van der Waals surface area contributed by atoms with Gasteiger partial charge in [0.25, 0.3) is 0 Å². The lowest BCUT2D eigenvalue weighted by Crippen LogP contribution is -2.27. The van der Waals surface area contributed by atoms with E-state index in [2.05, 4.69) is 10.2 Å². The van der Waals surface area contributed by atoms with E-state index in [-0.39, 0.29) is 5.96 Å². The molecule has 0 fully saturated rings. The fourth-order valence-electron chi connectivity index (χ4n) is 1.04. The fraction of sp³-hybridized carbons (Fsp3) is 0.200. The molecule has 0 aliphatic heterocycles. The van der Waals surface area contributed by atoms with Gasteiger partial charge in [-0.25, -0.2) is 5.48 Å². The van der Waals surface area contributed by atoms with Crippen LogP contribution in [0.15, 0.2) is 34.5 Å². The van der Waals surface area contributed by atoms with Crippen molar-refractivity contribution >= 4 is 17.9 Å². The van der Waals surface area contributed by atoms with Crippen LogP contribution in [0, 0.1) is 0 Å². The maximum absolute atomic E-state index is 8.34. The van der Waals surface area contributed by atoms with Crippen molar-refractivity contribution in [1.82, 2.24) is 5.48 Å². The molecule has 1 aromatic rings. The molecule has 1 rings (SSSR count). The SMILES string of the molecule is CN(C)c1ccc(/C=N/N=C(/N)NO)cc1. The summed E-state index contributed by atoms with van der Waals surface area (Å²) in [7, 11) is 3.95. The zero-order valence-electron chi connectivity index (χ0n) is 9.25. The Kier molecular flexibility index (Phi) is 4.28.